The van der Waals surface area contributed by atoms with Crippen molar-refractivity contribution in [2.45, 2.75) is 40.2 Å². The van der Waals surface area contributed by atoms with Gasteiger partial charge in [0.25, 0.3) is 0 Å². The van der Waals surface area contributed by atoms with Crippen LogP contribution in [0.3, 0.4) is 0 Å². The predicted octanol–water partition coefficient (Wildman–Crippen LogP) is 4.02. The first-order chi connectivity index (χ1) is 13.3. The molecule has 0 aliphatic heterocycles. The fraction of sp³-hybridized carbons (Fsp3) is 0.381. The lowest BCUT2D eigenvalue weighted by Gasteiger charge is -2.20. The second-order valence-corrected chi connectivity index (χ2v) is 7.94. The summed E-state index contributed by atoms with van der Waals surface area (Å²) in [6, 6.07) is 7.77. The van der Waals surface area contributed by atoms with Gasteiger partial charge in [-0.05, 0) is 51.0 Å². The zero-order valence-electron chi connectivity index (χ0n) is 16.9. The zero-order chi connectivity index (χ0) is 20.4. The highest BCUT2D eigenvalue weighted by atomic mass is 79.9. The minimum atomic E-state index is 0.0811. The molecule has 1 amide bonds. The Bertz CT molecular complexity index is 1030. The third kappa shape index (κ3) is 4.19. The van der Waals surface area contributed by atoms with Crippen LogP contribution in [0.1, 0.15) is 34.6 Å². The molecule has 0 saturated heterocycles. The van der Waals surface area contributed by atoms with E-state index in [9.17, 15) is 4.79 Å². The summed E-state index contributed by atoms with van der Waals surface area (Å²) in [5.41, 5.74) is 5.83. The van der Waals surface area contributed by atoms with E-state index in [-0.39, 0.29) is 5.91 Å². The van der Waals surface area contributed by atoms with Crippen LogP contribution in [-0.2, 0) is 17.8 Å². The van der Waals surface area contributed by atoms with Crippen molar-refractivity contribution in [3.8, 4) is 5.75 Å². The van der Waals surface area contributed by atoms with Crippen LogP contribution in [-0.4, -0.2) is 39.6 Å². The number of hydrogen-bond acceptors (Lipinski definition) is 4. The molecule has 2 heterocycles. The summed E-state index contributed by atoms with van der Waals surface area (Å²) in [5.74, 6) is 0.857. The van der Waals surface area contributed by atoms with E-state index >= 15 is 0 Å². The Hall–Kier alpha value is -2.41. The summed E-state index contributed by atoms with van der Waals surface area (Å²) in [7, 11) is 3.46. The van der Waals surface area contributed by atoms with Crippen molar-refractivity contribution < 1.29 is 9.53 Å². The van der Waals surface area contributed by atoms with E-state index in [1.165, 1.54) is 0 Å². The summed E-state index contributed by atoms with van der Waals surface area (Å²) in [6.07, 6.45) is 1.06. The summed E-state index contributed by atoms with van der Waals surface area (Å²) in [6.45, 7) is 6.47. The zero-order valence-corrected chi connectivity index (χ0v) is 18.5. The van der Waals surface area contributed by atoms with Crippen molar-refractivity contribution in [2.75, 3.05) is 14.2 Å². The lowest BCUT2D eigenvalue weighted by Crippen LogP contribution is -2.27. The average molecular weight is 445 g/mol. The summed E-state index contributed by atoms with van der Waals surface area (Å²) in [5, 5.41) is 4.50. The van der Waals surface area contributed by atoms with Crippen molar-refractivity contribution in [1.29, 1.82) is 0 Å². The van der Waals surface area contributed by atoms with E-state index in [2.05, 4.69) is 26.0 Å². The predicted molar refractivity (Wildman–Crippen MR) is 113 cm³/mol. The standard InChI is InChI=1S/C21H25BrN4O2/c1-13-10-20-23-14(2)18(15(3)26(20)24-13)7-9-21(27)25(4)12-16-11-17(22)6-8-19(16)28-5/h6,8,10-11H,7,9,12H2,1-5H3. The molecule has 0 saturated carbocycles. The molecule has 0 bridgehead atoms. The minimum absolute atomic E-state index is 0.0811. The highest BCUT2D eigenvalue weighted by Crippen LogP contribution is 2.24. The van der Waals surface area contributed by atoms with Crippen LogP contribution < -0.4 is 4.74 Å². The van der Waals surface area contributed by atoms with Crippen LogP contribution in [0.4, 0.5) is 0 Å². The van der Waals surface area contributed by atoms with Crippen LogP contribution in [0.5, 0.6) is 5.75 Å². The number of rotatable bonds is 6. The summed E-state index contributed by atoms with van der Waals surface area (Å²) >= 11 is 3.48. The van der Waals surface area contributed by atoms with Gasteiger partial charge in [-0.15, -0.1) is 0 Å². The van der Waals surface area contributed by atoms with E-state index in [0.717, 1.165) is 44.1 Å². The van der Waals surface area contributed by atoms with E-state index < -0.39 is 0 Å². The number of halogens is 1. The number of ether oxygens (including phenoxy) is 1. The van der Waals surface area contributed by atoms with Gasteiger partial charge in [0.05, 0.1) is 12.8 Å². The molecule has 0 fully saturated rings. The number of aryl methyl sites for hydroxylation is 3. The van der Waals surface area contributed by atoms with E-state index in [1.807, 2.05) is 56.6 Å². The molecule has 2 aromatic heterocycles. The molecule has 0 atom stereocenters. The molecule has 0 spiro atoms. The number of hydrogen-bond donors (Lipinski definition) is 0. The van der Waals surface area contributed by atoms with Gasteiger partial charge in [0.2, 0.25) is 5.91 Å². The molecule has 1 aromatic carbocycles. The average Bonchev–Trinajstić information content (AvgIpc) is 3.01. The quantitative estimate of drug-likeness (QED) is 0.575. The normalized spacial score (nSPS) is 11.1. The van der Waals surface area contributed by atoms with Gasteiger partial charge in [0.15, 0.2) is 5.65 Å². The van der Waals surface area contributed by atoms with Gasteiger partial charge in [-0.1, -0.05) is 15.9 Å². The second kappa shape index (κ2) is 8.31. The lowest BCUT2D eigenvalue weighted by atomic mass is 10.1. The Morgan fingerprint density at radius 2 is 2.00 bits per heavy atom. The van der Waals surface area contributed by atoms with Gasteiger partial charge < -0.3 is 9.64 Å². The number of carbonyl (C=O) groups is 1. The maximum absolute atomic E-state index is 12.7. The fourth-order valence-electron chi connectivity index (χ4n) is 3.44. The van der Waals surface area contributed by atoms with Crippen molar-refractivity contribution in [2.24, 2.45) is 0 Å². The van der Waals surface area contributed by atoms with Crippen LogP contribution >= 0.6 is 15.9 Å². The van der Waals surface area contributed by atoms with Gasteiger partial charge in [0, 0.05) is 47.5 Å². The number of benzene rings is 1. The fourth-order valence-corrected chi connectivity index (χ4v) is 3.85. The lowest BCUT2D eigenvalue weighted by molar-refractivity contribution is -0.130. The topological polar surface area (TPSA) is 59.7 Å². The van der Waals surface area contributed by atoms with Crippen LogP contribution in [0.25, 0.3) is 5.65 Å². The van der Waals surface area contributed by atoms with Gasteiger partial charge in [-0.2, -0.15) is 5.10 Å². The number of amides is 1. The Morgan fingerprint density at radius 1 is 1.25 bits per heavy atom. The molecule has 0 N–H and O–H groups in total. The van der Waals surface area contributed by atoms with E-state index in [4.69, 9.17) is 4.74 Å². The maximum atomic E-state index is 12.7. The first kappa shape index (κ1) is 20.3. The Morgan fingerprint density at radius 3 is 2.71 bits per heavy atom. The van der Waals surface area contributed by atoms with Crippen LogP contribution in [0, 0.1) is 20.8 Å². The van der Waals surface area contributed by atoms with Gasteiger partial charge in [-0.3, -0.25) is 4.79 Å². The molecule has 3 rings (SSSR count). The molecule has 0 unspecified atom stereocenters. The number of carbonyl (C=O) groups excluding carboxylic acids is 1. The molecule has 7 heteroatoms. The Labute approximate surface area is 173 Å². The van der Waals surface area contributed by atoms with Crippen LogP contribution in [0.15, 0.2) is 28.7 Å². The van der Waals surface area contributed by atoms with E-state index in [1.54, 1.807) is 12.0 Å². The number of nitrogens with zero attached hydrogens (tertiary/aromatic N) is 4. The second-order valence-electron chi connectivity index (χ2n) is 7.02. The monoisotopic (exact) mass is 444 g/mol. The first-order valence-corrected chi connectivity index (χ1v) is 9.98. The molecular formula is C21H25BrN4O2. The molecule has 3 aromatic rings. The van der Waals surface area contributed by atoms with Crippen molar-refractivity contribution in [3.05, 3.63) is 56.9 Å². The SMILES string of the molecule is COc1ccc(Br)cc1CN(C)C(=O)CCc1c(C)nc2cc(C)nn2c1C. The molecule has 28 heavy (non-hydrogen) atoms. The largest absolute Gasteiger partial charge is 0.496 e. The van der Waals surface area contributed by atoms with Crippen molar-refractivity contribution in [1.82, 2.24) is 19.5 Å². The third-order valence-electron chi connectivity index (χ3n) is 4.95. The molecular weight excluding hydrogens is 420 g/mol. The van der Waals surface area contributed by atoms with Crippen molar-refractivity contribution >= 4 is 27.5 Å². The smallest absolute Gasteiger partial charge is 0.222 e. The number of aromatic nitrogens is 3. The molecule has 0 radical (unpaired) electrons. The third-order valence-corrected chi connectivity index (χ3v) is 5.44. The molecule has 6 nitrogen and oxygen atoms in total. The molecule has 0 aliphatic carbocycles. The Kier molecular flexibility index (Phi) is 6.03. The number of fused-ring (bicyclic) bond motifs is 1. The van der Waals surface area contributed by atoms with Gasteiger partial charge >= 0.3 is 0 Å². The molecule has 0 aliphatic rings. The summed E-state index contributed by atoms with van der Waals surface area (Å²) in [4.78, 5) is 19.1. The van der Waals surface area contributed by atoms with E-state index in [0.29, 0.717) is 19.4 Å². The van der Waals surface area contributed by atoms with Gasteiger partial charge in [0.1, 0.15) is 5.75 Å². The maximum Gasteiger partial charge on any atom is 0.222 e. The highest BCUT2D eigenvalue weighted by molar-refractivity contribution is 9.10. The first-order valence-electron chi connectivity index (χ1n) is 9.19. The number of methoxy groups -OCH3 is 1. The molecule has 148 valence electrons. The minimum Gasteiger partial charge on any atom is -0.496 e. The van der Waals surface area contributed by atoms with Crippen molar-refractivity contribution in [3.63, 3.8) is 0 Å². The Balaban J connectivity index is 1.72. The highest BCUT2D eigenvalue weighted by Gasteiger charge is 2.16. The summed E-state index contributed by atoms with van der Waals surface area (Å²) < 4.78 is 8.23. The van der Waals surface area contributed by atoms with Gasteiger partial charge in [-0.25, -0.2) is 9.50 Å². The van der Waals surface area contributed by atoms with Crippen LogP contribution in [0.2, 0.25) is 0 Å².